The summed E-state index contributed by atoms with van der Waals surface area (Å²) in [5.74, 6) is -1.46. The molecular weight excluding hydrogens is 701 g/mol. The number of carbonyl (C=O) groups excluding carboxylic acids is 4. The highest BCUT2D eigenvalue weighted by Crippen LogP contribution is 2.38. The summed E-state index contributed by atoms with van der Waals surface area (Å²) >= 11 is 0. The molecule has 296 valence electrons. The summed E-state index contributed by atoms with van der Waals surface area (Å²) in [7, 11) is 0. The van der Waals surface area contributed by atoms with Crippen molar-refractivity contribution in [1.29, 1.82) is 0 Å². The van der Waals surface area contributed by atoms with E-state index in [1.54, 1.807) is 32.9 Å². The third-order valence-corrected chi connectivity index (χ3v) is 9.16. The van der Waals surface area contributed by atoms with Gasteiger partial charge in [-0.15, -0.1) is 0 Å². The van der Waals surface area contributed by atoms with E-state index in [9.17, 15) is 33.5 Å². The summed E-state index contributed by atoms with van der Waals surface area (Å²) in [5, 5.41) is 19.0. The first kappa shape index (κ1) is 43.5. The van der Waals surface area contributed by atoms with E-state index in [4.69, 9.17) is 25.9 Å². The molecule has 0 fully saturated rings. The molecule has 1 aliphatic heterocycles. The van der Waals surface area contributed by atoms with Crippen molar-refractivity contribution in [2.45, 2.75) is 105 Å². The second kappa shape index (κ2) is 20.5. The molecule has 8 N–H and O–H groups in total. The maximum absolute atomic E-state index is 14.7. The van der Waals surface area contributed by atoms with Crippen LogP contribution in [0.1, 0.15) is 94.2 Å². The minimum absolute atomic E-state index is 0.104. The van der Waals surface area contributed by atoms with E-state index < -0.39 is 47.4 Å². The fourth-order valence-corrected chi connectivity index (χ4v) is 6.20. The van der Waals surface area contributed by atoms with Gasteiger partial charge in [-0.3, -0.25) is 19.2 Å². The van der Waals surface area contributed by atoms with Gasteiger partial charge in [0.05, 0.1) is 41.2 Å². The van der Waals surface area contributed by atoms with Gasteiger partial charge in [0, 0.05) is 30.2 Å². The number of rotatable bonds is 19. The van der Waals surface area contributed by atoms with Crippen molar-refractivity contribution >= 4 is 35.2 Å². The molecule has 4 amide bonds. The first-order valence-electron chi connectivity index (χ1n) is 18.3. The number of amides is 4. The van der Waals surface area contributed by atoms with Crippen LogP contribution in [0.25, 0.3) is 22.3 Å². The lowest BCUT2D eigenvalue weighted by Gasteiger charge is -2.22. The van der Waals surface area contributed by atoms with Crippen molar-refractivity contribution in [2.75, 3.05) is 19.9 Å². The lowest BCUT2D eigenvalue weighted by Crippen LogP contribution is -2.53. The number of nitrogens with two attached hydrogens (primary N) is 2. The molecule has 54 heavy (non-hydrogen) atoms. The molecule has 3 heterocycles. The van der Waals surface area contributed by atoms with Crippen LogP contribution >= 0.6 is 0 Å². The van der Waals surface area contributed by atoms with Crippen molar-refractivity contribution in [1.82, 2.24) is 25.5 Å². The number of aliphatic hydroxyl groups is 1. The number of ether oxygens (including phenoxy) is 2. The monoisotopic (exact) mass is 755 g/mol. The zero-order valence-electron chi connectivity index (χ0n) is 31.9. The van der Waals surface area contributed by atoms with E-state index in [2.05, 4.69) is 16.0 Å². The Morgan fingerprint density at radius 3 is 2.44 bits per heavy atom. The molecule has 0 aliphatic carbocycles. The van der Waals surface area contributed by atoms with Crippen molar-refractivity contribution in [3.05, 3.63) is 62.2 Å². The number of pyridine rings is 2. The number of benzene rings is 1. The Labute approximate surface area is 314 Å². The van der Waals surface area contributed by atoms with Gasteiger partial charge in [-0.25, -0.2) is 14.2 Å². The van der Waals surface area contributed by atoms with E-state index in [1.165, 1.54) is 17.6 Å². The van der Waals surface area contributed by atoms with E-state index in [0.29, 0.717) is 60.3 Å². The number of urea groups is 1. The first-order valence-corrected chi connectivity index (χ1v) is 18.3. The summed E-state index contributed by atoms with van der Waals surface area (Å²) in [6.45, 7) is 11.4. The molecule has 1 aliphatic rings. The van der Waals surface area contributed by atoms with Crippen LogP contribution in [0.3, 0.4) is 0 Å². The highest BCUT2D eigenvalue weighted by atomic mass is 19.1. The van der Waals surface area contributed by atoms with Gasteiger partial charge in [0.1, 0.15) is 25.2 Å². The van der Waals surface area contributed by atoms with E-state index in [1.807, 2.05) is 13.8 Å². The number of hydrogen-bond acceptors (Lipinski definition) is 10. The van der Waals surface area contributed by atoms with Crippen molar-refractivity contribution in [3.8, 4) is 11.4 Å². The zero-order chi connectivity index (χ0) is 40.1. The minimum atomic E-state index is -1.02. The second-order valence-electron chi connectivity index (χ2n) is 13.3. The van der Waals surface area contributed by atoms with Gasteiger partial charge in [-0.1, -0.05) is 27.7 Å². The Kier molecular flexibility index (Phi) is 16.5. The Morgan fingerprint density at radius 1 is 1.07 bits per heavy atom. The molecule has 3 atom stereocenters. The highest BCUT2D eigenvalue weighted by Gasteiger charge is 2.30. The summed E-state index contributed by atoms with van der Waals surface area (Å²) in [6, 6.07) is 2.42. The molecule has 2 aromatic heterocycles. The van der Waals surface area contributed by atoms with Crippen LogP contribution in [0.15, 0.2) is 23.0 Å². The number of primary amides is 1. The maximum atomic E-state index is 14.7. The molecule has 0 spiro atoms. The first-order chi connectivity index (χ1) is 25.7. The van der Waals surface area contributed by atoms with Crippen LogP contribution in [-0.4, -0.2) is 70.9 Å². The highest BCUT2D eigenvalue weighted by molar-refractivity contribution is 5.90. The predicted molar refractivity (Wildman–Crippen MR) is 202 cm³/mol. The smallest absolute Gasteiger partial charge is 0.312 e. The molecule has 3 aromatic rings. The average molecular weight is 756 g/mol. The molecule has 0 saturated carbocycles. The number of hydrogen-bond donors (Lipinski definition) is 6. The lowest BCUT2D eigenvalue weighted by molar-refractivity contribution is -0.131. The number of carbonyl (C=O) groups is 4. The van der Waals surface area contributed by atoms with Crippen LogP contribution in [0, 0.1) is 18.7 Å². The van der Waals surface area contributed by atoms with Gasteiger partial charge in [-0.05, 0) is 80.7 Å². The number of aliphatic hydroxyl groups excluding tert-OH is 1. The van der Waals surface area contributed by atoms with Gasteiger partial charge in [-0.2, -0.15) is 0 Å². The summed E-state index contributed by atoms with van der Waals surface area (Å²) in [5.41, 5.74) is 14.8. The van der Waals surface area contributed by atoms with Gasteiger partial charge < -0.3 is 46.6 Å². The van der Waals surface area contributed by atoms with Crippen molar-refractivity contribution in [2.24, 2.45) is 17.4 Å². The number of fused-ring (bicyclic) bond motifs is 4. The lowest BCUT2D eigenvalue weighted by atomic mass is 9.95. The van der Waals surface area contributed by atoms with Gasteiger partial charge in [0.2, 0.25) is 11.8 Å². The number of unbranched alkanes of at least 4 members (excludes halogenated alkanes) is 1. The quantitative estimate of drug-likeness (QED) is 0.0466. The van der Waals surface area contributed by atoms with E-state index in [-0.39, 0.29) is 50.8 Å². The van der Waals surface area contributed by atoms with Crippen molar-refractivity contribution < 1.29 is 38.1 Å². The summed E-state index contributed by atoms with van der Waals surface area (Å²) in [6.07, 6.45) is 1.41. The number of nitrogens with zero attached hydrogens (tertiary/aromatic N) is 2. The van der Waals surface area contributed by atoms with Crippen LogP contribution in [0.2, 0.25) is 0 Å². The van der Waals surface area contributed by atoms with Crippen LogP contribution < -0.4 is 33.0 Å². The molecule has 0 radical (unpaired) electrons. The Balaban J connectivity index is 0.00000385. The molecule has 4 rings (SSSR count). The fourth-order valence-electron chi connectivity index (χ4n) is 6.20. The van der Waals surface area contributed by atoms with Gasteiger partial charge >= 0.3 is 6.03 Å². The van der Waals surface area contributed by atoms with Crippen LogP contribution in [0.5, 0.6) is 0 Å². The number of aryl methyl sites for hydroxylation is 2. The largest absolute Gasteiger partial charge is 0.463 e. The molecule has 3 unspecified atom stereocenters. The molecule has 15 nitrogen and oxygen atoms in total. The topological polar surface area (TPSA) is 230 Å². The SMILES string of the molecule is CC.Cc1cc2c(CCCCOCNC(=O)C(CCCNC(N)=O)NC(=O)C(N)C(C)C)c3c(nc2cc1F)-c1cc(C(C)O)c(COC=O)c(=O)n1C3. The Morgan fingerprint density at radius 2 is 1.80 bits per heavy atom. The molecule has 1 aromatic carbocycles. The average Bonchev–Trinajstić information content (AvgIpc) is 3.50. The fraction of sp³-hybridized carbons (Fsp3) is 0.526. The zero-order valence-corrected chi connectivity index (χ0v) is 31.9. The van der Waals surface area contributed by atoms with E-state index >= 15 is 0 Å². The molecule has 16 heteroatoms. The molecule has 0 bridgehead atoms. The third-order valence-electron chi connectivity index (χ3n) is 9.16. The molecular formula is C38H54FN7O8. The normalized spacial score (nSPS) is 13.2. The van der Waals surface area contributed by atoms with E-state index in [0.717, 1.165) is 16.5 Å². The Bertz CT molecular complexity index is 1860. The van der Waals surface area contributed by atoms with Crippen LogP contribution in [0.4, 0.5) is 9.18 Å². The number of halogens is 1. The summed E-state index contributed by atoms with van der Waals surface area (Å²) in [4.78, 5) is 65.8. The number of nitrogens with one attached hydrogen (secondary N) is 3. The van der Waals surface area contributed by atoms with Gasteiger partial charge in [0.15, 0.2) is 0 Å². The Hall–Kier alpha value is -4.93. The molecule has 0 saturated heterocycles. The predicted octanol–water partition coefficient (Wildman–Crippen LogP) is 2.95. The maximum Gasteiger partial charge on any atom is 0.312 e. The minimum Gasteiger partial charge on any atom is -0.463 e. The van der Waals surface area contributed by atoms with Crippen molar-refractivity contribution in [3.63, 3.8) is 0 Å². The summed E-state index contributed by atoms with van der Waals surface area (Å²) < 4.78 is 26.8. The third kappa shape index (κ3) is 10.8. The second-order valence-corrected chi connectivity index (χ2v) is 13.3. The standard InChI is InChI=1S/C36H48FN7O8.C2H6/c1-19(2)31(38)34(48)43-28(9-7-10-40-36(39)50)33(47)41-17-51-11-6-5-8-22-24-12-20(3)27(37)14-29(24)42-32-25(22)15-44-30(32)13-23(21(4)46)26(35(44)49)16-52-18-45;1-2/h12-14,18-19,21,28,31,46H,5-11,15-17,38H2,1-4H3,(H,41,47)(H,43,48)(H3,39,40,50);1-2H3. The van der Waals surface area contributed by atoms with Gasteiger partial charge in [0.25, 0.3) is 12.0 Å². The van der Waals surface area contributed by atoms with Crippen LogP contribution in [-0.2, 0) is 43.4 Å². The number of aromatic nitrogens is 2.